The molecule has 1 aliphatic carbocycles. The molecule has 0 atom stereocenters. The molecule has 0 aromatic heterocycles. The minimum atomic E-state index is -0.233. The largest absolute Gasteiger partial charge is 0.490 e. The Morgan fingerprint density at radius 2 is 1.58 bits per heavy atom. The van der Waals surface area contributed by atoms with Crippen LogP contribution in [0.3, 0.4) is 0 Å². The van der Waals surface area contributed by atoms with Gasteiger partial charge in [-0.2, -0.15) is 0 Å². The molecule has 2 aliphatic rings. The van der Waals surface area contributed by atoms with Gasteiger partial charge in [0.25, 0.3) is 0 Å². The topological polar surface area (TPSA) is 27.7 Å². The fourth-order valence-electron chi connectivity index (χ4n) is 4.95. The third-order valence-corrected chi connectivity index (χ3v) is 6.93. The van der Waals surface area contributed by atoms with Gasteiger partial charge in [-0.25, -0.2) is 0 Å². The molecule has 3 nitrogen and oxygen atoms in total. The maximum absolute atomic E-state index is 5.99. The van der Waals surface area contributed by atoms with Crippen LogP contribution in [0.15, 0.2) is 36.4 Å². The molecule has 0 spiro atoms. The van der Waals surface area contributed by atoms with E-state index in [0.29, 0.717) is 12.5 Å². The van der Waals surface area contributed by atoms with Crippen LogP contribution in [-0.2, 0) is 9.47 Å². The smallest absolute Gasteiger partial charge is 0.183 e. The third-order valence-electron chi connectivity index (χ3n) is 6.93. The first-order valence-corrected chi connectivity index (χ1v) is 12.9. The van der Waals surface area contributed by atoms with Gasteiger partial charge in [0.1, 0.15) is 12.4 Å². The van der Waals surface area contributed by atoms with Gasteiger partial charge in [-0.05, 0) is 56.1 Å². The summed E-state index contributed by atoms with van der Waals surface area (Å²) in [5.74, 6) is 3.17. The molecule has 2 fully saturated rings. The van der Waals surface area contributed by atoms with Crippen LogP contribution in [0.4, 0.5) is 0 Å². The highest BCUT2D eigenvalue weighted by Gasteiger charge is 2.23. The fourth-order valence-corrected chi connectivity index (χ4v) is 4.95. The Kier molecular flexibility index (Phi) is 11.0. The van der Waals surface area contributed by atoms with E-state index in [-0.39, 0.29) is 6.29 Å². The molecule has 0 bridgehead atoms. The summed E-state index contributed by atoms with van der Waals surface area (Å²) in [6, 6.07) is 8.20. The Morgan fingerprint density at radius 3 is 2.26 bits per heavy atom. The zero-order valence-electron chi connectivity index (χ0n) is 19.9. The van der Waals surface area contributed by atoms with Crippen LogP contribution in [-0.4, -0.2) is 19.8 Å². The standard InChI is InChI=1S/C28H44O3/c1-3-5-6-7-10-25-21-30-28(31-22-25)26-16-18-27(19-17-26)29-20-8-11-24-14-12-23(9-4-2)13-15-24/h8,11,16-19,23-25,28H,3-7,9-10,12-15,20-22H2,1-2H3. The lowest BCUT2D eigenvalue weighted by molar-refractivity contribution is -0.206. The average molecular weight is 429 g/mol. The first-order chi connectivity index (χ1) is 15.3. The second kappa shape index (κ2) is 14.0. The number of hydrogen-bond donors (Lipinski definition) is 0. The highest BCUT2D eigenvalue weighted by Crippen LogP contribution is 2.32. The highest BCUT2D eigenvalue weighted by atomic mass is 16.7. The summed E-state index contributed by atoms with van der Waals surface area (Å²) in [6.07, 6.45) is 19.0. The molecular formula is C28H44O3. The first kappa shape index (κ1) is 24.3. The predicted octanol–water partition coefficient (Wildman–Crippen LogP) is 7.86. The number of benzene rings is 1. The van der Waals surface area contributed by atoms with E-state index in [0.717, 1.165) is 36.4 Å². The van der Waals surface area contributed by atoms with Crippen molar-refractivity contribution >= 4 is 0 Å². The van der Waals surface area contributed by atoms with Crippen LogP contribution in [0.1, 0.15) is 96.3 Å². The number of hydrogen-bond acceptors (Lipinski definition) is 3. The normalized spacial score (nSPS) is 26.9. The maximum atomic E-state index is 5.99. The molecule has 31 heavy (non-hydrogen) atoms. The van der Waals surface area contributed by atoms with E-state index in [4.69, 9.17) is 14.2 Å². The van der Waals surface area contributed by atoms with Crippen molar-refractivity contribution in [1.82, 2.24) is 0 Å². The Morgan fingerprint density at radius 1 is 0.839 bits per heavy atom. The number of allylic oxidation sites excluding steroid dienone is 1. The van der Waals surface area contributed by atoms with Crippen molar-refractivity contribution in [1.29, 1.82) is 0 Å². The molecule has 0 radical (unpaired) electrons. The Bertz CT molecular complexity index is 608. The molecule has 3 heteroatoms. The summed E-state index contributed by atoms with van der Waals surface area (Å²) >= 11 is 0. The average Bonchev–Trinajstić information content (AvgIpc) is 2.82. The van der Waals surface area contributed by atoms with Crippen molar-refractivity contribution in [2.24, 2.45) is 17.8 Å². The summed E-state index contributed by atoms with van der Waals surface area (Å²) in [7, 11) is 0. The van der Waals surface area contributed by atoms with Crippen LogP contribution >= 0.6 is 0 Å². The number of rotatable bonds is 12. The molecule has 174 valence electrons. The maximum Gasteiger partial charge on any atom is 0.183 e. The third kappa shape index (κ3) is 8.61. The van der Waals surface area contributed by atoms with E-state index < -0.39 is 0 Å². The van der Waals surface area contributed by atoms with E-state index in [1.165, 1.54) is 70.6 Å². The predicted molar refractivity (Wildman–Crippen MR) is 128 cm³/mol. The number of ether oxygens (including phenoxy) is 3. The minimum absolute atomic E-state index is 0.233. The zero-order valence-corrected chi connectivity index (χ0v) is 19.9. The van der Waals surface area contributed by atoms with E-state index >= 15 is 0 Å². The SMILES string of the molecule is CCCCCCC1COC(c2ccc(OCC=CC3CCC(CCC)CC3)cc2)OC1. The Labute approximate surface area is 190 Å². The van der Waals surface area contributed by atoms with E-state index in [1.807, 2.05) is 12.1 Å². The molecule has 1 saturated heterocycles. The van der Waals surface area contributed by atoms with Crippen LogP contribution in [0.2, 0.25) is 0 Å². The molecular weight excluding hydrogens is 384 g/mol. The second-order valence-electron chi connectivity index (χ2n) is 9.59. The molecule has 1 heterocycles. The van der Waals surface area contributed by atoms with E-state index in [1.54, 1.807) is 0 Å². The molecule has 1 aromatic carbocycles. The van der Waals surface area contributed by atoms with Crippen LogP contribution < -0.4 is 4.74 Å². The molecule has 0 unspecified atom stereocenters. The molecule has 0 amide bonds. The lowest BCUT2D eigenvalue weighted by Crippen LogP contribution is -2.27. The molecule has 3 rings (SSSR count). The monoisotopic (exact) mass is 428 g/mol. The van der Waals surface area contributed by atoms with Crippen molar-refractivity contribution in [3.63, 3.8) is 0 Å². The Balaban J connectivity index is 1.32. The van der Waals surface area contributed by atoms with Gasteiger partial charge in [0.2, 0.25) is 0 Å². The summed E-state index contributed by atoms with van der Waals surface area (Å²) in [4.78, 5) is 0. The van der Waals surface area contributed by atoms with Crippen LogP contribution in [0.5, 0.6) is 5.75 Å². The lowest BCUT2D eigenvalue weighted by atomic mass is 9.80. The molecule has 1 aromatic rings. The summed E-state index contributed by atoms with van der Waals surface area (Å²) in [5, 5.41) is 0. The van der Waals surface area contributed by atoms with Gasteiger partial charge in [0, 0.05) is 11.5 Å². The van der Waals surface area contributed by atoms with Crippen molar-refractivity contribution < 1.29 is 14.2 Å². The van der Waals surface area contributed by atoms with Crippen molar-refractivity contribution in [3.8, 4) is 5.75 Å². The van der Waals surface area contributed by atoms with Gasteiger partial charge in [0.05, 0.1) is 13.2 Å². The zero-order chi connectivity index (χ0) is 21.7. The second-order valence-corrected chi connectivity index (χ2v) is 9.59. The van der Waals surface area contributed by atoms with Crippen LogP contribution in [0, 0.1) is 17.8 Å². The molecule has 1 aliphatic heterocycles. The van der Waals surface area contributed by atoms with Gasteiger partial charge >= 0.3 is 0 Å². The Hall–Kier alpha value is -1.32. The van der Waals surface area contributed by atoms with E-state index in [2.05, 4.69) is 38.1 Å². The quantitative estimate of drug-likeness (QED) is 0.250. The summed E-state index contributed by atoms with van der Waals surface area (Å²) in [5.41, 5.74) is 1.08. The first-order valence-electron chi connectivity index (χ1n) is 12.9. The highest BCUT2D eigenvalue weighted by molar-refractivity contribution is 5.28. The summed E-state index contributed by atoms with van der Waals surface area (Å²) in [6.45, 7) is 6.81. The van der Waals surface area contributed by atoms with Crippen molar-refractivity contribution in [3.05, 3.63) is 42.0 Å². The van der Waals surface area contributed by atoms with Gasteiger partial charge in [-0.15, -0.1) is 0 Å². The lowest BCUT2D eigenvalue weighted by Gasteiger charge is -2.29. The summed E-state index contributed by atoms with van der Waals surface area (Å²) < 4.78 is 17.9. The minimum Gasteiger partial charge on any atom is -0.490 e. The fraction of sp³-hybridized carbons (Fsp3) is 0.714. The van der Waals surface area contributed by atoms with Gasteiger partial charge in [-0.1, -0.05) is 76.7 Å². The van der Waals surface area contributed by atoms with Gasteiger partial charge in [0.15, 0.2) is 6.29 Å². The van der Waals surface area contributed by atoms with Crippen LogP contribution in [0.25, 0.3) is 0 Å². The van der Waals surface area contributed by atoms with Gasteiger partial charge in [-0.3, -0.25) is 0 Å². The van der Waals surface area contributed by atoms with Crippen molar-refractivity contribution in [2.45, 2.75) is 90.8 Å². The molecule has 0 N–H and O–H groups in total. The van der Waals surface area contributed by atoms with E-state index in [9.17, 15) is 0 Å². The van der Waals surface area contributed by atoms with Crippen molar-refractivity contribution in [2.75, 3.05) is 19.8 Å². The van der Waals surface area contributed by atoms with Gasteiger partial charge < -0.3 is 14.2 Å². The number of unbranched alkanes of at least 4 members (excludes halogenated alkanes) is 3. The molecule has 1 saturated carbocycles.